The second-order valence-electron chi connectivity index (χ2n) is 2.85. The van der Waals surface area contributed by atoms with E-state index in [4.69, 9.17) is 0 Å². The zero-order valence-electron chi connectivity index (χ0n) is 8.39. The molecule has 3 nitrogen and oxygen atoms in total. The second kappa shape index (κ2) is 5.71. The summed E-state index contributed by atoms with van der Waals surface area (Å²) in [6.45, 7) is 6.72. The van der Waals surface area contributed by atoms with Crippen LogP contribution in [0.3, 0.4) is 0 Å². The molecule has 0 aromatic rings. The molecule has 68 valence electrons. The molecular weight excluding hydrogens is 154 g/mol. The highest BCUT2D eigenvalue weighted by Gasteiger charge is 2.17. The molecule has 1 N–H and O–H groups in total. The van der Waals surface area contributed by atoms with E-state index in [1.54, 1.807) is 0 Å². The summed E-state index contributed by atoms with van der Waals surface area (Å²) < 4.78 is 4.81. The molecule has 1 atom stereocenters. The Morgan fingerprint density at radius 3 is 1.73 bits per heavy atom. The zero-order valence-corrected chi connectivity index (χ0v) is 9.54. The Bertz CT molecular complexity index is 93.7. The van der Waals surface area contributed by atoms with Crippen molar-refractivity contribution in [3.05, 3.63) is 0 Å². The van der Waals surface area contributed by atoms with Gasteiger partial charge >= 0.3 is 0 Å². The van der Waals surface area contributed by atoms with Gasteiger partial charge in [0.05, 0.1) is 0 Å². The van der Waals surface area contributed by atoms with E-state index in [-0.39, 0.29) is 0 Å². The van der Waals surface area contributed by atoms with Crippen molar-refractivity contribution in [2.24, 2.45) is 0 Å². The van der Waals surface area contributed by atoms with Gasteiger partial charge in [0.15, 0.2) is 0 Å². The Labute approximate surface area is 72.2 Å². The molecule has 0 aromatic carbocycles. The first kappa shape index (κ1) is 11.1. The normalized spacial score (nSPS) is 14.5. The smallest absolute Gasteiger partial charge is 0.269 e. The quantitative estimate of drug-likeness (QED) is 0.585. The summed E-state index contributed by atoms with van der Waals surface area (Å²) in [5.41, 5.74) is 0. The Hall–Kier alpha value is 0.0969. The molecule has 0 saturated heterocycles. The van der Waals surface area contributed by atoms with Gasteiger partial charge in [0.2, 0.25) is 0 Å². The average Bonchev–Trinajstić information content (AvgIpc) is 1.99. The van der Waals surface area contributed by atoms with E-state index in [2.05, 4.69) is 49.1 Å². The minimum Gasteiger partial charge on any atom is -0.318 e. The Morgan fingerprint density at radius 2 is 1.64 bits per heavy atom. The molecular formula is C7H21N3Si. The van der Waals surface area contributed by atoms with Gasteiger partial charge in [-0.2, -0.15) is 0 Å². The van der Waals surface area contributed by atoms with Crippen molar-refractivity contribution in [2.45, 2.75) is 13.8 Å². The fourth-order valence-corrected chi connectivity index (χ4v) is 3.56. The first-order valence-electron chi connectivity index (χ1n) is 4.25. The third-order valence-corrected chi connectivity index (χ3v) is 4.82. The summed E-state index contributed by atoms with van der Waals surface area (Å²) in [4.78, 5) is 3.39. The lowest BCUT2D eigenvalue weighted by atomic mass is 10.7. The topological polar surface area (TPSA) is 18.5 Å². The maximum Gasteiger partial charge on any atom is 0.269 e. The van der Waals surface area contributed by atoms with E-state index in [1.807, 2.05) is 0 Å². The predicted molar refractivity (Wildman–Crippen MR) is 52.8 cm³/mol. The Kier molecular flexibility index (Phi) is 5.76. The number of nitrogens with zero attached hydrogens (tertiary/aromatic N) is 2. The lowest BCUT2D eigenvalue weighted by molar-refractivity contribution is 0.414. The van der Waals surface area contributed by atoms with E-state index >= 15 is 0 Å². The first-order chi connectivity index (χ1) is 5.17. The number of hydrogen-bond acceptors (Lipinski definition) is 3. The molecule has 11 heavy (non-hydrogen) atoms. The van der Waals surface area contributed by atoms with Crippen LogP contribution >= 0.6 is 0 Å². The van der Waals surface area contributed by atoms with Gasteiger partial charge in [0.25, 0.3) is 9.28 Å². The van der Waals surface area contributed by atoms with Gasteiger partial charge in [-0.25, -0.2) is 0 Å². The molecule has 0 heterocycles. The van der Waals surface area contributed by atoms with Crippen LogP contribution in [0.1, 0.15) is 13.8 Å². The monoisotopic (exact) mass is 175 g/mol. The van der Waals surface area contributed by atoms with E-state index in [9.17, 15) is 0 Å². The standard InChI is InChI=1S/C7H21N3Si/c1-6-10(7-2)11(8-3)9(4)5/h8,11H,6-7H2,1-5H3. The van der Waals surface area contributed by atoms with E-state index < -0.39 is 9.28 Å². The van der Waals surface area contributed by atoms with Crippen LogP contribution in [0.25, 0.3) is 0 Å². The first-order valence-corrected chi connectivity index (χ1v) is 5.86. The number of nitrogens with one attached hydrogen (secondary N) is 1. The van der Waals surface area contributed by atoms with E-state index in [1.165, 1.54) is 0 Å². The molecule has 1 unspecified atom stereocenters. The minimum absolute atomic E-state index is 0.985. The molecule has 0 aliphatic carbocycles. The largest absolute Gasteiger partial charge is 0.318 e. The van der Waals surface area contributed by atoms with Crippen molar-refractivity contribution in [3.63, 3.8) is 0 Å². The molecule has 0 amide bonds. The van der Waals surface area contributed by atoms with Crippen LogP contribution in [-0.2, 0) is 0 Å². The lowest BCUT2D eigenvalue weighted by Gasteiger charge is -2.31. The van der Waals surface area contributed by atoms with Crippen LogP contribution < -0.4 is 4.98 Å². The molecule has 0 radical (unpaired) electrons. The Morgan fingerprint density at radius 1 is 1.18 bits per heavy atom. The molecule has 0 bridgehead atoms. The maximum absolute atomic E-state index is 3.39. The SMILES string of the molecule is CCN(CC)[SiH](NC)N(C)C. The summed E-state index contributed by atoms with van der Waals surface area (Å²) in [5, 5.41) is 0. The van der Waals surface area contributed by atoms with E-state index in [0.29, 0.717) is 0 Å². The van der Waals surface area contributed by atoms with Gasteiger partial charge in [0, 0.05) is 0 Å². The van der Waals surface area contributed by atoms with Crippen molar-refractivity contribution in [1.82, 2.24) is 14.1 Å². The molecule has 0 spiro atoms. The summed E-state index contributed by atoms with van der Waals surface area (Å²) in [6.07, 6.45) is 0. The van der Waals surface area contributed by atoms with Crippen LogP contribution in [0.4, 0.5) is 0 Å². The fraction of sp³-hybridized carbons (Fsp3) is 1.00. The van der Waals surface area contributed by atoms with Crippen LogP contribution in [0, 0.1) is 0 Å². The van der Waals surface area contributed by atoms with Crippen molar-refractivity contribution < 1.29 is 0 Å². The third-order valence-electron chi connectivity index (χ3n) is 1.91. The third kappa shape index (κ3) is 3.33. The molecule has 0 aliphatic heterocycles. The summed E-state index contributed by atoms with van der Waals surface area (Å²) in [7, 11) is 5.36. The van der Waals surface area contributed by atoms with Crippen LogP contribution in [-0.4, -0.2) is 52.6 Å². The van der Waals surface area contributed by atoms with E-state index in [0.717, 1.165) is 13.1 Å². The van der Waals surface area contributed by atoms with Crippen LogP contribution in [0.2, 0.25) is 0 Å². The van der Waals surface area contributed by atoms with Crippen molar-refractivity contribution in [1.29, 1.82) is 0 Å². The minimum atomic E-state index is -0.985. The lowest BCUT2D eigenvalue weighted by Crippen LogP contribution is -2.57. The van der Waals surface area contributed by atoms with Crippen LogP contribution in [0.5, 0.6) is 0 Å². The van der Waals surface area contributed by atoms with Crippen molar-refractivity contribution in [3.8, 4) is 0 Å². The maximum atomic E-state index is 3.39. The van der Waals surface area contributed by atoms with Gasteiger partial charge in [-0.1, -0.05) is 13.8 Å². The highest BCUT2D eigenvalue weighted by molar-refractivity contribution is 6.49. The molecule has 4 heteroatoms. The summed E-state index contributed by atoms with van der Waals surface area (Å²) in [5.74, 6) is 0. The average molecular weight is 175 g/mol. The predicted octanol–water partition coefficient (Wildman–Crippen LogP) is -0.174. The summed E-state index contributed by atoms with van der Waals surface area (Å²) in [6, 6.07) is 0. The van der Waals surface area contributed by atoms with Gasteiger partial charge in [-0.3, -0.25) is 0 Å². The second-order valence-corrected chi connectivity index (χ2v) is 5.93. The number of hydrogen-bond donors (Lipinski definition) is 1. The molecule has 0 fully saturated rings. The molecule has 0 saturated carbocycles. The van der Waals surface area contributed by atoms with Gasteiger partial charge in [0.1, 0.15) is 0 Å². The molecule has 0 rings (SSSR count). The fourth-order valence-electron chi connectivity index (χ4n) is 1.34. The van der Waals surface area contributed by atoms with Gasteiger partial charge < -0.3 is 14.1 Å². The highest BCUT2D eigenvalue weighted by atomic mass is 28.3. The highest BCUT2D eigenvalue weighted by Crippen LogP contribution is 1.92. The molecule has 0 aliphatic rings. The van der Waals surface area contributed by atoms with Crippen molar-refractivity contribution in [2.75, 3.05) is 34.2 Å². The number of rotatable bonds is 5. The van der Waals surface area contributed by atoms with Gasteiger partial charge in [-0.15, -0.1) is 0 Å². The summed E-state index contributed by atoms with van der Waals surface area (Å²) >= 11 is 0. The Balaban J connectivity index is 3.98. The molecule has 0 aromatic heterocycles. The van der Waals surface area contributed by atoms with Crippen molar-refractivity contribution >= 4 is 9.28 Å². The van der Waals surface area contributed by atoms with Gasteiger partial charge in [-0.05, 0) is 34.2 Å². The zero-order chi connectivity index (χ0) is 8.85. The van der Waals surface area contributed by atoms with Crippen LogP contribution in [0.15, 0.2) is 0 Å².